The van der Waals surface area contributed by atoms with Crippen LogP contribution in [0.25, 0.3) is 0 Å². The second-order valence-corrected chi connectivity index (χ2v) is 7.56. The number of amides is 1. The Hall–Kier alpha value is -0.470. The molecule has 1 atom stereocenters. The number of halogens is 3. The molecule has 104 valence electrons. The van der Waals surface area contributed by atoms with Crippen LogP contribution < -0.4 is 4.90 Å². The molecule has 2 rings (SSSR count). The first-order valence-electron chi connectivity index (χ1n) is 5.44. The van der Waals surface area contributed by atoms with Gasteiger partial charge in [0.05, 0.1) is 11.4 Å². The third-order valence-corrected chi connectivity index (χ3v) is 4.87. The van der Waals surface area contributed by atoms with E-state index in [4.69, 9.17) is 0 Å². The van der Waals surface area contributed by atoms with Crippen molar-refractivity contribution in [3.05, 3.63) is 27.1 Å². The predicted octanol–water partition coefficient (Wildman–Crippen LogP) is 2.86. The molecule has 0 N–H and O–H groups in total. The number of hydrogen-bond donors (Lipinski definition) is 0. The number of anilines is 1. The van der Waals surface area contributed by atoms with E-state index in [2.05, 4.69) is 31.9 Å². The molecular weight excluding hydrogens is 405 g/mol. The lowest BCUT2D eigenvalue weighted by Gasteiger charge is -2.18. The van der Waals surface area contributed by atoms with Crippen LogP contribution in [-0.4, -0.2) is 26.6 Å². The van der Waals surface area contributed by atoms with Crippen molar-refractivity contribution in [3.63, 3.8) is 0 Å². The van der Waals surface area contributed by atoms with Crippen molar-refractivity contribution in [2.45, 2.75) is 6.42 Å². The van der Waals surface area contributed by atoms with Gasteiger partial charge in [-0.25, -0.2) is 0 Å². The van der Waals surface area contributed by atoms with Crippen molar-refractivity contribution in [1.82, 2.24) is 0 Å². The number of nitrogens with zero attached hydrogens (tertiary/aromatic N) is 1. The Bertz CT molecular complexity index is 620. The zero-order chi connectivity index (χ0) is 14.2. The van der Waals surface area contributed by atoms with E-state index in [-0.39, 0.29) is 18.9 Å². The fourth-order valence-corrected chi connectivity index (χ4v) is 3.70. The van der Waals surface area contributed by atoms with Crippen molar-refractivity contribution < 1.29 is 17.1 Å². The predicted molar refractivity (Wildman–Crippen MR) is 77.2 cm³/mol. The molecule has 0 bridgehead atoms. The second kappa shape index (κ2) is 5.49. The average molecular weight is 415 g/mol. The van der Waals surface area contributed by atoms with Gasteiger partial charge in [0, 0.05) is 27.8 Å². The highest BCUT2D eigenvalue weighted by Crippen LogP contribution is 2.34. The van der Waals surface area contributed by atoms with Crippen LogP contribution in [0.4, 0.5) is 9.57 Å². The molecule has 8 heteroatoms. The van der Waals surface area contributed by atoms with Gasteiger partial charge in [-0.15, -0.1) is 3.89 Å². The van der Waals surface area contributed by atoms with Gasteiger partial charge in [-0.05, 0) is 34.1 Å². The fraction of sp³-hybridized carbons (Fsp3) is 0.364. The van der Waals surface area contributed by atoms with E-state index in [1.165, 1.54) is 4.90 Å². The molecule has 4 nitrogen and oxygen atoms in total. The van der Waals surface area contributed by atoms with Crippen molar-refractivity contribution in [3.8, 4) is 0 Å². The largest absolute Gasteiger partial charge is 0.311 e. The summed E-state index contributed by atoms with van der Waals surface area (Å²) in [6.07, 6.45) is 0.0438. The summed E-state index contributed by atoms with van der Waals surface area (Å²) in [7, 11) is -4.55. The van der Waals surface area contributed by atoms with Gasteiger partial charge in [-0.1, -0.05) is 15.9 Å². The number of carbonyl (C=O) groups is 1. The highest BCUT2D eigenvalue weighted by atomic mass is 79.9. The lowest BCUT2D eigenvalue weighted by molar-refractivity contribution is -0.117. The maximum atomic E-state index is 12.7. The molecule has 1 unspecified atom stereocenters. The molecule has 1 saturated heterocycles. The molecular formula is C11H10Br2FNO3S. The molecule has 1 fully saturated rings. The second-order valence-electron chi connectivity index (χ2n) is 4.38. The molecule has 1 aliphatic heterocycles. The van der Waals surface area contributed by atoms with Gasteiger partial charge in [-0.2, -0.15) is 8.42 Å². The van der Waals surface area contributed by atoms with Gasteiger partial charge >= 0.3 is 10.2 Å². The van der Waals surface area contributed by atoms with Gasteiger partial charge in [-0.3, -0.25) is 4.79 Å². The van der Waals surface area contributed by atoms with Crippen LogP contribution in [0.15, 0.2) is 27.1 Å². The van der Waals surface area contributed by atoms with E-state index < -0.39 is 21.9 Å². The van der Waals surface area contributed by atoms with Crippen LogP contribution >= 0.6 is 31.9 Å². The maximum absolute atomic E-state index is 12.7. The highest BCUT2D eigenvalue weighted by Gasteiger charge is 2.34. The summed E-state index contributed by atoms with van der Waals surface area (Å²) < 4.78 is 35.5. The van der Waals surface area contributed by atoms with Crippen LogP contribution in [0.3, 0.4) is 0 Å². The third kappa shape index (κ3) is 3.76. The Morgan fingerprint density at radius 2 is 2.05 bits per heavy atom. The molecule has 0 spiro atoms. The van der Waals surface area contributed by atoms with Gasteiger partial charge in [0.2, 0.25) is 5.91 Å². The van der Waals surface area contributed by atoms with Crippen molar-refractivity contribution in [2.24, 2.45) is 5.92 Å². The number of carbonyl (C=O) groups excluding carboxylic acids is 1. The van der Waals surface area contributed by atoms with E-state index in [0.29, 0.717) is 5.69 Å². The lowest BCUT2D eigenvalue weighted by Crippen LogP contribution is -2.25. The van der Waals surface area contributed by atoms with Crippen molar-refractivity contribution in [2.75, 3.05) is 17.2 Å². The first-order valence-corrected chi connectivity index (χ1v) is 8.58. The summed E-state index contributed by atoms with van der Waals surface area (Å²) >= 11 is 6.65. The van der Waals surface area contributed by atoms with E-state index >= 15 is 0 Å². The Kier molecular flexibility index (Phi) is 4.32. The van der Waals surface area contributed by atoms with E-state index in [1.54, 1.807) is 12.1 Å². The minimum atomic E-state index is -4.55. The summed E-state index contributed by atoms with van der Waals surface area (Å²) in [5.41, 5.74) is 0.651. The Morgan fingerprint density at radius 3 is 2.68 bits per heavy atom. The standard InChI is InChI=1S/C11H10Br2FNO3S/c12-8-1-2-9(13)10(4-8)15-5-7(3-11(15)16)6-19(14,17)18/h1-2,4,7H,3,5-6H2. The summed E-state index contributed by atoms with van der Waals surface area (Å²) in [6, 6.07) is 5.36. The van der Waals surface area contributed by atoms with Gasteiger partial charge < -0.3 is 4.90 Å². The normalized spacial score (nSPS) is 20.1. The van der Waals surface area contributed by atoms with Gasteiger partial charge in [0.1, 0.15) is 0 Å². The molecule has 0 aliphatic carbocycles. The van der Waals surface area contributed by atoms with E-state index in [9.17, 15) is 17.1 Å². The molecule has 1 amide bonds. The molecule has 19 heavy (non-hydrogen) atoms. The molecule has 1 aromatic carbocycles. The summed E-state index contributed by atoms with van der Waals surface area (Å²) in [4.78, 5) is 13.4. The Morgan fingerprint density at radius 1 is 1.37 bits per heavy atom. The fourth-order valence-electron chi connectivity index (χ4n) is 2.10. The molecule has 0 aromatic heterocycles. The van der Waals surface area contributed by atoms with Crippen molar-refractivity contribution >= 4 is 53.7 Å². The first-order chi connectivity index (χ1) is 8.76. The Labute approximate surface area is 127 Å². The van der Waals surface area contributed by atoms with Crippen LogP contribution in [0, 0.1) is 5.92 Å². The average Bonchev–Trinajstić information content (AvgIpc) is 2.60. The molecule has 1 aliphatic rings. The smallest absolute Gasteiger partial charge is 0.302 e. The summed E-state index contributed by atoms with van der Waals surface area (Å²) in [5.74, 6) is -1.32. The molecule has 1 aromatic rings. The molecule has 1 heterocycles. The topological polar surface area (TPSA) is 54.5 Å². The first kappa shape index (κ1) is 14.9. The zero-order valence-electron chi connectivity index (χ0n) is 9.64. The minimum Gasteiger partial charge on any atom is -0.311 e. The molecule has 0 saturated carbocycles. The molecule has 0 radical (unpaired) electrons. The van der Waals surface area contributed by atoms with Crippen LogP contribution in [-0.2, 0) is 15.0 Å². The van der Waals surface area contributed by atoms with Crippen molar-refractivity contribution in [1.29, 1.82) is 0 Å². The van der Waals surface area contributed by atoms with Gasteiger partial charge in [0.15, 0.2) is 0 Å². The number of hydrogen-bond acceptors (Lipinski definition) is 3. The van der Waals surface area contributed by atoms with E-state index in [0.717, 1.165) is 8.95 Å². The zero-order valence-corrected chi connectivity index (χ0v) is 13.6. The number of rotatable bonds is 3. The minimum absolute atomic E-state index is 0.0438. The quantitative estimate of drug-likeness (QED) is 0.714. The monoisotopic (exact) mass is 413 g/mol. The number of benzene rings is 1. The third-order valence-electron chi connectivity index (χ3n) is 2.84. The summed E-state index contributed by atoms with van der Waals surface area (Å²) in [5, 5.41) is 0. The van der Waals surface area contributed by atoms with E-state index in [1.807, 2.05) is 6.07 Å². The van der Waals surface area contributed by atoms with Crippen LogP contribution in [0.5, 0.6) is 0 Å². The highest BCUT2D eigenvalue weighted by molar-refractivity contribution is 9.11. The lowest BCUT2D eigenvalue weighted by atomic mass is 10.1. The maximum Gasteiger partial charge on any atom is 0.302 e. The van der Waals surface area contributed by atoms with Gasteiger partial charge in [0.25, 0.3) is 0 Å². The van der Waals surface area contributed by atoms with Crippen LogP contribution in [0.2, 0.25) is 0 Å². The van der Waals surface area contributed by atoms with Crippen LogP contribution in [0.1, 0.15) is 6.42 Å². The summed E-state index contributed by atoms with van der Waals surface area (Å²) in [6.45, 7) is 0.205. The SMILES string of the molecule is O=C1CC(CS(=O)(=O)F)CN1c1cc(Br)ccc1Br. The Balaban J connectivity index is 2.23.